The van der Waals surface area contributed by atoms with Gasteiger partial charge in [-0.25, -0.2) is 0 Å². The maximum Gasteiger partial charge on any atom is 0.0700 e. The Morgan fingerprint density at radius 3 is 1.02 bits per heavy atom. The normalized spacial score (nSPS) is 12.0. The van der Waals surface area contributed by atoms with Crippen LogP contribution in [0.3, 0.4) is 0 Å². The van der Waals surface area contributed by atoms with Crippen molar-refractivity contribution in [1.29, 1.82) is 0 Å². The Bertz CT molecular complexity index is 506. The number of rotatable bonds is 41. The van der Waals surface area contributed by atoms with Crippen LogP contribution in [-0.4, -0.2) is 131 Å². The van der Waals surface area contributed by atoms with E-state index in [1.807, 2.05) is 35.3 Å². The van der Waals surface area contributed by atoms with Gasteiger partial charge in [0.25, 0.3) is 0 Å². The molecule has 0 aromatic rings. The highest BCUT2D eigenvalue weighted by Crippen LogP contribution is 2.41. The van der Waals surface area contributed by atoms with E-state index in [-0.39, 0.29) is 0 Å². The van der Waals surface area contributed by atoms with Gasteiger partial charge < -0.3 is 28.4 Å². The first kappa shape index (κ1) is 47.9. The van der Waals surface area contributed by atoms with E-state index in [0.29, 0.717) is 64.9 Å². The fraction of sp³-hybridized carbons (Fsp3) is 1.00. The monoisotopic (exact) mass is 766 g/mol. The number of ether oxygens (including phenoxy) is 6. The van der Waals surface area contributed by atoms with Crippen LogP contribution in [0, 0.1) is 5.41 Å². The molecule has 46 heavy (non-hydrogen) atoms. The highest BCUT2D eigenvalue weighted by molar-refractivity contribution is 7.99. The Balaban J connectivity index is 4.64. The van der Waals surface area contributed by atoms with Gasteiger partial charge in [-0.2, -0.15) is 73.2 Å². The maximum absolute atomic E-state index is 5.74. The first-order chi connectivity index (χ1) is 22.7. The van der Waals surface area contributed by atoms with E-state index < -0.39 is 0 Å². The number of hydrogen-bond acceptors (Lipinski definition) is 12. The summed E-state index contributed by atoms with van der Waals surface area (Å²) in [4.78, 5) is 0. The molecule has 0 saturated heterocycles. The van der Waals surface area contributed by atoms with Gasteiger partial charge in [0.1, 0.15) is 0 Å². The molecular formula is C34H70O6S6. The summed E-state index contributed by atoms with van der Waals surface area (Å²) in [5.74, 6) is 9.16. The van der Waals surface area contributed by atoms with Crippen LogP contribution in [0.1, 0.15) is 77.6 Å². The zero-order valence-electron chi connectivity index (χ0n) is 29.1. The minimum Gasteiger partial charge on any atom is -0.378 e. The Morgan fingerprint density at radius 2 is 0.696 bits per heavy atom. The van der Waals surface area contributed by atoms with Crippen molar-refractivity contribution in [2.75, 3.05) is 131 Å². The van der Waals surface area contributed by atoms with Crippen LogP contribution in [0.25, 0.3) is 0 Å². The first-order valence-corrected chi connectivity index (χ1v) is 23.1. The second-order valence-electron chi connectivity index (χ2n) is 11.3. The molecule has 0 aliphatic heterocycles. The molecule has 6 nitrogen and oxygen atoms in total. The number of unbranched alkanes of at least 4 members (excludes halogenated alkanes) is 3. The van der Waals surface area contributed by atoms with E-state index in [2.05, 4.69) is 44.8 Å². The molecule has 12 heteroatoms. The molecule has 0 amide bonds. The summed E-state index contributed by atoms with van der Waals surface area (Å²) in [6, 6.07) is 0. The van der Waals surface area contributed by atoms with Gasteiger partial charge in [0.05, 0.1) is 79.3 Å². The Hall–Kier alpha value is 1.86. The minimum atomic E-state index is 0.470. The standard InChI is InChI=1S/C34H70O6S6/c1-2-3-4-5-9-34(10-6-28-44-31-22-38-16-13-35-19-25-41,11-7-29-45-32-23-39-17-14-36-20-26-42)12-8-30-46-33-24-40-18-15-37-21-27-43/h41-43H,2-33H2,1H3. The SMILES string of the molecule is CCCCCCC(CCCSCCOCCOCCS)(CCCSCCOCCOCCS)CCCSCCOCCOCCS. The molecule has 0 unspecified atom stereocenters. The Morgan fingerprint density at radius 1 is 0.370 bits per heavy atom. The lowest BCUT2D eigenvalue weighted by Gasteiger charge is -2.35. The third-order valence-corrected chi connectivity index (χ3v) is 11.1. The van der Waals surface area contributed by atoms with Crippen LogP contribution in [0.2, 0.25) is 0 Å². The predicted molar refractivity (Wildman–Crippen MR) is 217 cm³/mol. The first-order valence-electron chi connectivity index (χ1n) is 17.8. The zero-order chi connectivity index (χ0) is 33.5. The lowest BCUT2D eigenvalue weighted by atomic mass is 9.72. The molecule has 0 spiro atoms. The van der Waals surface area contributed by atoms with Crippen molar-refractivity contribution in [2.24, 2.45) is 5.41 Å². The lowest BCUT2D eigenvalue weighted by molar-refractivity contribution is 0.0605. The van der Waals surface area contributed by atoms with E-state index in [1.54, 1.807) is 0 Å². The summed E-state index contributed by atoms with van der Waals surface area (Å²) in [6.07, 6.45) is 14.7. The average molecular weight is 767 g/mol. The van der Waals surface area contributed by atoms with Crippen LogP contribution in [0.4, 0.5) is 0 Å². The molecule has 0 heterocycles. The fourth-order valence-electron chi connectivity index (χ4n) is 5.14. The fourth-order valence-corrected chi connectivity index (χ4v) is 7.90. The van der Waals surface area contributed by atoms with Crippen molar-refractivity contribution >= 4 is 73.2 Å². The van der Waals surface area contributed by atoms with E-state index in [4.69, 9.17) is 28.4 Å². The molecule has 0 saturated carbocycles. The molecule has 0 fully saturated rings. The summed E-state index contributed by atoms with van der Waals surface area (Å²) >= 11 is 18.6. The van der Waals surface area contributed by atoms with Gasteiger partial charge in [-0.05, 0) is 67.6 Å². The van der Waals surface area contributed by atoms with E-state index in [0.717, 1.165) is 54.3 Å². The Labute approximate surface area is 313 Å². The van der Waals surface area contributed by atoms with Crippen LogP contribution in [0.5, 0.6) is 0 Å². The van der Waals surface area contributed by atoms with Crippen LogP contribution in [0.15, 0.2) is 0 Å². The van der Waals surface area contributed by atoms with Gasteiger partial charge in [0.15, 0.2) is 0 Å². The topological polar surface area (TPSA) is 55.4 Å². The number of hydrogen-bond donors (Lipinski definition) is 3. The molecular weight excluding hydrogens is 697 g/mol. The van der Waals surface area contributed by atoms with Crippen molar-refractivity contribution in [3.8, 4) is 0 Å². The number of thioether (sulfide) groups is 3. The van der Waals surface area contributed by atoms with Crippen LogP contribution in [-0.2, 0) is 28.4 Å². The van der Waals surface area contributed by atoms with Crippen LogP contribution < -0.4 is 0 Å². The van der Waals surface area contributed by atoms with Gasteiger partial charge in [-0.3, -0.25) is 0 Å². The molecule has 0 aliphatic rings. The van der Waals surface area contributed by atoms with Crippen molar-refractivity contribution in [3.05, 3.63) is 0 Å². The van der Waals surface area contributed by atoms with Gasteiger partial charge in [-0.1, -0.05) is 32.6 Å². The zero-order valence-corrected chi connectivity index (χ0v) is 34.3. The van der Waals surface area contributed by atoms with Crippen molar-refractivity contribution in [3.63, 3.8) is 0 Å². The van der Waals surface area contributed by atoms with Gasteiger partial charge in [-0.15, -0.1) is 0 Å². The molecule has 0 rings (SSSR count). The summed E-state index contributed by atoms with van der Waals surface area (Å²) in [7, 11) is 0. The van der Waals surface area contributed by atoms with E-state index in [9.17, 15) is 0 Å². The van der Waals surface area contributed by atoms with Gasteiger partial charge >= 0.3 is 0 Å². The summed E-state index contributed by atoms with van der Waals surface area (Å²) in [5, 5.41) is 0. The summed E-state index contributed by atoms with van der Waals surface area (Å²) in [5.41, 5.74) is 0.470. The highest BCUT2D eigenvalue weighted by atomic mass is 32.2. The van der Waals surface area contributed by atoms with Crippen molar-refractivity contribution in [2.45, 2.75) is 77.6 Å². The van der Waals surface area contributed by atoms with E-state index in [1.165, 1.54) is 87.9 Å². The molecule has 0 N–H and O–H groups in total. The minimum absolute atomic E-state index is 0.470. The van der Waals surface area contributed by atoms with Crippen molar-refractivity contribution in [1.82, 2.24) is 0 Å². The highest BCUT2D eigenvalue weighted by Gasteiger charge is 2.28. The third kappa shape index (κ3) is 35.7. The lowest BCUT2D eigenvalue weighted by Crippen LogP contribution is -2.22. The summed E-state index contributed by atoms with van der Waals surface area (Å²) < 4.78 is 33.5. The molecule has 0 radical (unpaired) electrons. The maximum atomic E-state index is 5.74. The largest absolute Gasteiger partial charge is 0.378 e. The second kappa shape index (κ2) is 41.3. The smallest absolute Gasteiger partial charge is 0.0700 e. The molecule has 0 bridgehead atoms. The second-order valence-corrected chi connectivity index (χ2v) is 16.3. The van der Waals surface area contributed by atoms with Crippen molar-refractivity contribution < 1.29 is 28.4 Å². The van der Waals surface area contributed by atoms with E-state index >= 15 is 0 Å². The average Bonchev–Trinajstić information content (AvgIpc) is 3.07. The molecule has 0 aliphatic carbocycles. The van der Waals surface area contributed by atoms with Gasteiger partial charge in [0, 0.05) is 34.5 Å². The van der Waals surface area contributed by atoms with Crippen LogP contribution >= 0.6 is 73.2 Å². The number of thiol groups is 3. The molecule has 0 aromatic heterocycles. The molecule has 0 aromatic carbocycles. The van der Waals surface area contributed by atoms with Gasteiger partial charge in [0.2, 0.25) is 0 Å². The predicted octanol–water partition coefficient (Wildman–Crippen LogP) is 8.37. The summed E-state index contributed by atoms with van der Waals surface area (Å²) in [6.45, 7) is 10.9. The quantitative estimate of drug-likeness (QED) is 0.0421. The molecule has 278 valence electrons. The molecule has 0 atom stereocenters. The third-order valence-electron chi connectivity index (χ3n) is 7.49. The Kier molecular flexibility index (Phi) is 43.0.